The first-order valence-corrected chi connectivity index (χ1v) is 5.98. The van der Waals surface area contributed by atoms with Crippen LogP contribution in [-0.4, -0.2) is 41.4 Å². The Bertz CT molecular complexity index is 321. The van der Waals surface area contributed by atoms with E-state index in [9.17, 15) is 10.0 Å². The summed E-state index contributed by atoms with van der Waals surface area (Å²) >= 11 is 0. The third-order valence-corrected chi connectivity index (χ3v) is 3.01. The second-order valence-electron chi connectivity index (χ2n) is 4.17. The highest BCUT2D eigenvalue weighted by atomic mass is 16.8. The Kier molecular flexibility index (Phi) is 3.78. The van der Waals surface area contributed by atoms with Gasteiger partial charge < -0.3 is 9.94 Å². The van der Waals surface area contributed by atoms with Crippen LogP contribution in [0.3, 0.4) is 0 Å². The first-order valence-electron chi connectivity index (χ1n) is 5.98. The van der Waals surface area contributed by atoms with Gasteiger partial charge in [0.1, 0.15) is 12.1 Å². The summed E-state index contributed by atoms with van der Waals surface area (Å²) in [4.78, 5) is 16.8. The second-order valence-corrected chi connectivity index (χ2v) is 4.17. The lowest BCUT2D eigenvalue weighted by molar-refractivity contribution is -0.754. The maximum Gasteiger partial charge on any atom is 0.335 e. The lowest BCUT2D eigenvalue weighted by Crippen LogP contribution is -2.42. The van der Waals surface area contributed by atoms with Gasteiger partial charge in [0.05, 0.1) is 11.6 Å². The van der Waals surface area contributed by atoms with Crippen LogP contribution in [-0.2, 0) is 14.4 Å². The van der Waals surface area contributed by atoms with Gasteiger partial charge in [0.25, 0.3) is 0 Å². The van der Waals surface area contributed by atoms with Crippen LogP contribution < -0.4 is 0 Å². The quantitative estimate of drug-likeness (QED) is 0.418. The maximum absolute atomic E-state index is 11.5. The molecular formula is C10H17N3O4. The number of esters is 1. The van der Waals surface area contributed by atoms with E-state index in [1.54, 1.807) is 6.92 Å². The summed E-state index contributed by atoms with van der Waals surface area (Å²) in [6.07, 6.45) is 3.92. The molecule has 0 bridgehead atoms. The molecule has 1 aliphatic carbocycles. The average molecular weight is 243 g/mol. The third-order valence-electron chi connectivity index (χ3n) is 3.01. The van der Waals surface area contributed by atoms with Gasteiger partial charge in [-0.3, -0.25) is 0 Å². The Morgan fingerprint density at radius 1 is 1.53 bits per heavy atom. The molecule has 0 radical (unpaired) electrons. The molecule has 2 rings (SSSR count). The number of ether oxygens (including phenoxy) is 1. The molecule has 0 aromatic heterocycles. The number of hydrogen-bond acceptors (Lipinski definition) is 6. The number of nitrogens with zero attached hydrogens (tertiary/aromatic N) is 3. The van der Waals surface area contributed by atoms with Crippen molar-refractivity contribution in [2.75, 3.05) is 13.2 Å². The summed E-state index contributed by atoms with van der Waals surface area (Å²) in [5.41, 5.74) is 0. The summed E-state index contributed by atoms with van der Waals surface area (Å²) in [5.74, 6) is -0.472. The van der Waals surface area contributed by atoms with Gasteiger partial charge in [-0.1, -0.05) is 12.8 Å². The van der Waals surface area contributed by atoms with E-state index in [1.807, 2.05) is 0 Å². The minimum Gasteiger partial charge on any atom is -0.570 e. The van der Waals surface area contributed by atoms with Gasteiger partial charge in [-0.05, 0) is 24.9 Å². The zero-order valence-corrected chi connectivity index (χ0v) is 9.87. The number of carbonyl (C=O) groups is 1. The van der Waals surface area contributed by atoms with Crippen LogP contribution in [0.1, 0.15) is 32.6 Å². The molecule has 2 atom stereocenters. The van der Waals surface area contributed by atoms with Crippen molar-refractivity contribution in [1.82, 2.24) is 5.17 Å². The molecule has 0 N–H and O–H groups in total. The first-order chi connectivity index (χ1) is 8.22. The Labute approximate surface area is 99.5 Å². The third kappa shape index (κ3) is 2.66. The molecule has 17 heavy (non-hydrogen) atoms. The molecule has 1 heterocycles. The topological polar surface area (TPSA) is 77.2 Å². The molecule has 7 heteroatoms. The van der Waals surface area contributed by atoms with Crippen molar-refractivity contribution in [2.24, 2.45) is 5.11 Å². The number of carbonyl (C=O) groups excluding carboxylic acids is 1. The van der Waals surface area contributed by atoms with Gasteiger partial charge in [0.2, 0.25) is 0 Å². The van der Waals surface area contributed by atoms with Crippen molar-refractivity contribution in [3.63, 3.8) is 0 Å². The van der Waals surface area contributed by atoms with Gasteiger partial charge in [0.15, 0.2) is 6.61 Å². The van der Waals surface area contributed by atoms with Crippen LogP contribution in [0.4, 0.5) is 0 Å². The highest BCUT2D eigenvalue weighted by Gasteiger charge is 2.44. The number of fused-ring (bicyclic) bond motifs is 1. The standard InChI is InChI=1S/C10H17N3O4/c1-2-16-10(14)7-17-12-9-6-4-3-5-8(9)11-13(12)15/h8-9H,2-7H2,1H3. The Balaban J connectivity index is 1.87. The lowest BCUT2D eigenvalue weighted by Gasteiger charge is -2.24. The van der Waals surface area contributed by atoms with Crippen molar-refractivity contribution in [2.45, 2.75) is 44.7 Å². The number of hydrogen-bond donors (Lipinski definition) is 0. The predicted octanol–water partition coefficient (Wildman–Crippen LogP) is 0.985. The van der Waals surface area contributed by atoms with Crippen molar-refractivity contribution < 1.29 is 19.3 Å². The molecule has 0 spiro atoms. The highest BCUT2D eigenvalue weighted by Crippen LogP contribution is 2.30. The largest absolute Gasteiger partial charge is 0.570 e. The van der Waals surface area contributed by atoms with E-state index in [0.717, 1.165) is 25.7 Å². The minimum atomic E-state index is -0.472. The number of hydrazine groups is 1. The number of rotatable bonds is 4. The van der Waals surface area contributed by atoms with Crippen LogP contribution in [0.2, 0.25) is 0 Å². The molecule has 0 aromatic rings. The molecule has 0 amide bonds. The Morgan fingerprint density at radius 3 is 3.06 bits per heavy atom. The van der Waals surface area contributed by atoms with Crippen molar-refractivity contribution >= 4 is 5.97 Å². The summed E-state index contributed by atoms with van der Waals surface area (Å²) in [6.45, 7) is 1.78. The van der Waals surface area contributed by atoms with E-state index in [-0.39, 0.29) is 18.7 Å². The van der Waals surface area contributed by atoms with E-state index >= 15 is 0 Å². The molecule has 0 saturated heterocycles. The molecular weight excluding hydrogens is 226 g/mol. The maximum atomic E-state index is 11.5. The van der Waals surface area contributed by atoms with Gasteiger partial charge >= 0.3 is 5.97 Å². The van der Waals surface area contributed by atoms with Crippen LogP contribution in [0.5, 0.6) is 0 Å². The molecule has 2 aliphatic rings. The van der Waals surface area contributed by atoms with Crippen molar-refractivity contribution in [1.29, 1.82) is 0 Å². The van der Waals surface area contributed by atoms with Gasteiger partial charge in [0, 0.05) is 5.11 Å². The van der Waals surface area contributed by atoms with Gasteiger partial charge in [-0.15, -0.1) is 0 Å². The molecule has 96 valence electrons. The van der Waals surface area contributed by atoms with Gasteiger partial charge in [-0.2, -0.15) is 0 Å². The van der Waals surface area contributed by atoms with E-state index in [0.29, 0.717) is 11.6 Å². The fourth-order valence-electron chi connectivity index (χ4n) is 2.26. The van der Waals surface area contributed by atoms with E-state index in [4.69, 9.17) is 9.57 Å². The van der Waals surface area contributed by atoms with Gasteiger partial charge in [-0.25, -0.2) is 9.63 Å². The summed E-state index contributed by atoms with van der Waals surface area (Å²) in [6, 6.07) is -0.0286. The smallest absolute Gasteiger partial charge is 0.335 e. The van der Waals surface area contributed by atoms with Crippen LogP contribution in [0, 0.1) is 5.21 Å². The zero-order valence-electron chi connectivity index (χ0n) is 9.87. The van der Waals surface area contributed by atoms with Crippen LogP contribution in [0.25, 0.3) is 0 Å². The molecule has 2 unspecified atom stereocenters. The predicted molar refractivity (Wildman–Crippen MR) is 56.5 cm³/mol. The summed E-state index contributed by atoms with van der Waals surface area (Å²) in [7, 11) is 0. The number of hydroxylamine groups is 1. The molecule has 1 aliphatic heterocycles. The fraction of sp³-hybridized carbons (Fsp3) is 0.900. The lowest BCUT2D eigenvalue weighted by atomic mass is 9.92. The highest BCUT2D eigenvalue weighted by molar-refractivity contribution is 5.70. The Hall–Kier alpha value is -1.37. The minimum absolute atomic E-state index is 0.00319. The molecule has 7 nitrogen and oxygen atoms in total. The van der Waals surface area contributed by atoms with E-state index in [2.05, 4.69) is 5.11 Å². The summed E-state index contributed by atoms with van der Waals surface area (Å²) in [5, 5.41) is 16.6. The normalized spacial score (nSPS) is 27.6. The van der Waals surface area contributed by atoms with Crippen molar-refractivity contribution in [3.8, 4) is 0 Å². The van der Waals surface area contributed by atoms with Crippen LogP contribution in [0.15, 0.2) is 5.11 Å². The van der Waals surface area contributed by atoms with Crippen molar-refractivity contribution in [3.05, 3.63) is 5.21 Å². The fourth-order valence-corrected chi connectivity index (χ4v) is 2.26. The zero-order chi connectivity index (χ0) is 12.3. The second kappa shape index (κ2) is 5.31. The SMILES string of the molecule is CCOC(=O)CON1C2CCCCC2N=[N+]1[O-]. The average Bonchev–Trinajstić information content (AvgIpc) is 2.62. The first kappa shape index (κ1) is 12.1. The summed E-state index contributed by atoms with van der Waals surface area (Å²) < 4.78 is 4.73. The molecule has 1 saturated carbocycles. The van der Waals surface area contributed by atoms with E-state index in [1.165, 1.54) is 5.17 Å². The Morgan fingerprint density at radius 2 is 2.29 bits per heavy atom. The van der Waals surface area contributed by atoms with Crippen LogP contribution >= 0.6 is 0 Å². The molecule has 1 fully saturated rings. The molecule has 0 aromatic carbocycles. The monoisotopic (exact) mass is 243 g/mol. The van der Waals surface area contributed by atoms with E-state index < -0.39 is 5.97 Å².